The lowest BCUT2D eigenvalue weighted by Crippen LogP contribution is -2.28. The Labute approximate surface area is 82.8 Å². The molecule has 0 rings (SSSR count). The Morgan fingerprint density at radius 1 is 1.38 bits per heavy atom. The van der Waals surface area contributed by atoms with Crippen LogP contribution in [0.25, 0.3) is 0 Å². The summed E-state index contributed by atoms with van der Waals surface area (Å²) in [5.41, 5.74) is 0. The highest BCUT2D eigenvalue weighted by Gasteiger charge is 2.25. The van der Waals surface area contributed by atoms with Crippen molar-refractivity contribution in [2.45, 2.75) is 18.7 Å². The van der Waals surface area contributed by atoms with Gasteiger partial charge in [0.15, 0.2) is 0 Å². The number of halogens is 1. The summed E-state index contributed by atoms with van der Waals surface area (Å²) in [5.74, 6) is -0.471. The molecule has 0 aliphatic carbocycles. The molecule has 0 aliphatic rings. The van der Waals surface area contributed by atoms with E-state index in [2.05, 4.69) is 0 Å². The SMILES string of the molecule is CC(C)(Cl)C(=O)OCCOCCO. The number of ether oxygens (including phenoxy) is 2. The van der Waals surface area contributed by atoms with Gasteiger partial charge in [0.05, 0.1) is 19.8 Å². The molecule has 0 aromatic rings. The van der Waals surface area contributed by atoms with Crippen molar-refractivity contribution in [1.29, 1.82) is 0 Å². The van der Waals surface area contributed by atoms with Crippen molar-refractivity contribution in [3.05, 3.63) is 0 Å². The highest BCUT2D eigenvalue weighted by Crippen LogP contribution is 2.13. The molecule has 4 nitrogen and oxygen atoms in total. The Bertz CT molecular complexity index is 153. The van der Waals surface area contributed by atoms with E-state index in [0.717, 1.165) is 0 Å². The van der Waals surface area contributed by atoms with Crippen molar-refractivity contribution >= 4 is 17.6 Å². The van der Waals surface area contributed by atoms with E-state index in [1.807, 2.05) is 0 Å². The molecule has 0 atom stereocenters. The molecule has 0 saturated carbocycles. The first-order chi connectivity index (χ1) is 5.98. The van der Waals surface area contributed by atoms with Gasteiger partial charge in [-0.25, -0.2) is 0 Å². The first-order valence-corrected chi connectivity index (χ1v) is 4.41. The van der Waals surface area contributed by atoms with E-state index < -0.39 is 10.8 Å². The second kappa shape index (κ2) is 6.18. The van der Waals surface area contributed by atoms with E-state index >= 15 is 0 Å². The van der Waals surface area contributed by atoms with Crippen LogP contribution in [0.2, 0.25) is 0 Å². The fraction of sp³-hybridized carbons (Fsp3) is 0.875. The zero-order valence-electron chi connectivity index (χ0n) is 7.88. The van der Waals surface area contributed by atoms with Crippen LogP contribution in [0.15, 0.2) is 0 Å². The Balaban J connectivity index is 3.38. The fourth-order valence-corrected chi connectivity index (χ4v) is 0.586. The van der Waals surface area contributed by atoms with Crippen molar-refractivity contribution in [3.63, 3.8) is 0 Å². The van der Waals surface area contributed by atoms with Gasteiger partial charge in [-0.05, 0) is 13.8 Å². The third-order valence-electron chi connectivity index (χ3n) is 1.18. The van der Waals surface area contributed by atoms with Crippen LogP contribution >= 0.6 is 11.6 Å². The first-order valence-electron chi connectivity index (χ1n) is 4.03. The lowest BCUT2D eigenvalue weighted by Gasteiger charge is -2.14. The maximum atomic E-state index is 11.0. The van der Waals surface area contributed by atoms with Gasteiger partial charge in [-0.15, -0.1) is 11.6 Å². The third-order valence-corrected chi connectivity index (χ3v) is 1.34. The number of alkyl halides is 1. The Morgan fingerprint density at radius 3 is 2.46 bits per heavy atom. The number of esters is 1. The van der Waals surface area contributed by atoms with E-state index in [9.17, 15) is 4.79 Å². The highest BCUT2D eigenvalue weighted by molar-refractivity contribution is 6.33. The molecule has 0 radical (unpaired) electrons. The molecule has 0 spiro atoms. The molecular formula is C8H15ClO4. The van der Waals surface area contributed by atoms with Crippen molar-refractivity contribution in [2.75, 3.05) is 26.4 Å². The highest BCUT2D eigenvalue weighted by atomic mass is 35.5. The summed E-state index contributed by atoms with van der Waals surface area (Å²) in [4.78, 5) is 10.0. The second-order valence-corrected chi connectivity index (χ2v) is 3.89. The van der Waals surface area contributed by atoms with Crippen molar-refractivity contribution < 1.29 is 19.4 Å². The Morgan fingerprint density at radius 2 is 2.00 bits per heavy atom. The normalized spacial score (nSPS) is 11.4. The van der Waals surface area contributed by atoms with E-state index in [0.29, 0.717) is 0 Å². The van der Waals surface area contributed by atoms with Crippen LogP contribution in [0.3, 0.4) is 0 Å². The van der Waals surface area contributed by atoms with Crippen molar-refractivity contribution in [3.8, 4) is 0 Å². The summed E-state index contributed by atoms with van der Waals surface area (Å²) >= 11 is 5.67. The van der Waals surface area contributed by atoms with Gasteiger partial charge in [-0.3, -0.25) is 4.79 Å². The number of carbonyl (C=O) groups excluding carboxylic acids is 1. The molecule has 0 fully saturated rings. The average Bonchev–Trinajstić information content (AvgIpc) is 2.02. The number of rotatable bonds is 6. The zero-order valence-corrected chi connectivity index (χ0v) is 8.63. The summed E-state index contributed by atoms with van der Waals surface area (Å²) in [7, 11) is 0. The molecular weight excluding hydrogens is 196 g/mol. The average molecular weight is 211 g/mol. The lowest BCUT2D eigenvalue weighted by atomic mass is 10.2. The molecule has 13 heavy (non-hydrogen) atoms. The standard InChI is InChI=1S/C8H15ClO4/c1-8(2,9)7(11)13-6-5-12-4-3-10/h10H,3-6H2,1-2H3. The molecule has 0 saturated heterocycles. The number of aliphatic hydroxyl groups excluding tert-OH is 1. The molecule has 0 aliphatic heterocycles. The quantitative estimate of drug-likeness (QED) is 0.395. The van der Waals surface area contributed by atoms with Gasteiger partial charge in [0.2, 0.25) is 0 Å². The van der Waals surface area contributed by atoms with Crippen LogP contribution < -0.4 is 0 Å². The summed E-state index contributed by atoms with van der Waals surface area (Å²) < 4.78 is 9.65. The maximum Gasteiger partial charge on any atom is 0.326 e. The van der Waals surface area contributed by atoms with Gasteiger partial charge in [0, 0.05) is 0 Å². The molecule has 0 aromatic heterocycles. The lowest BCUT2D eigenvalue weighted by molar-refractivity contribution is -0.147. The monoisotopic (exact) mass is 210 g/mol. The van der Waals surface area contributed by atoms with E-state index in [4.69, 9.17) is 26.2 Å². The van der Waals surface area contributed by atoms with Crippen LogP contribution in [-0.4, -0.2) is 42.4 Å². The summed E-state index contributed by atoms with van der Waals surface area (Å²) in [5, 5.41) is 8.35. The number of carbonyl (C=O) groups is 1. The first kappa shape index (κ1) is 12.7. The van der Waals surface area contributed by atoms with Crippen molar-refractivity contribution in [2.24, 2.45) is 0 Å². The Hall–Kier alpha value is -0.320. The molecule has 1 N–H and O–H groups in total. The van der Waals surface area contributed by atoms with Gasteiger partial charge in [0.1, 0.15) is 11.5 Å². The smallest absolute Gasteiger partial charge is 0.326 e. The van der Waals surface area contributed by atoms with E-state index in [1.54, 1.807) is 13.8 Å². The number of aliphatic hydroxyl groups is 1. The summed E-state index contributed by atoms with van der Waals surface area (Å²) in [6, 6.07) is 0. The van der Waals surface area contributed by atoms with Crippen molar-refractivity contribution in [1.82, 2.24) is 0 Å². The molecule has 0 unspecified atom stereocenters. The molecule has 0 aromatic carbocycles. The van der Waals surface area contributed by atoms with E-state index in [-0.39, 0.29) is 26.4 Å². The van der Waals surface area contributed by atoms with Gasteiger partial charge >= 0.3 is 5.97 Å². The Kier molecular flexibility index (Phi) is 6.03. The number of hydrogen-bond acceptors (Lipinski definition) is 4. The van der Waals surface area contributed by atoms with Gasteiger partial charge in [0.25, 0.3) is 0 Å². The van der Waals surface area contributed by atoms with Crippen LogP contribution in [0.1, 0.15) is 13.8 Å². The van der Waals surface area contributed by atoms with Crippen LogP contribution in [0.5, 0.6) is 0 Å². The van der Waals surface area contributed by atoms with Crippen LogP contribution in [0.4, 0.5) is 0 Å². The molecule has 0 amide bonds. The van der Waals surface area contributed by atoms with Crippen LogP contribution in [-0.2, 0) is 14.3 Å². The van der Waals surface area contributed by atoms with Gasteiger partial charge in [-0.2, -0.15) is 0 Å². The predicted molar refractivity (Wildman–Crippen MR) is 48.8 cm³/mol. The fourth-order valence-electron chi connectivity index (χ4n) is 0.532. The molecule has 0 heterocycles. The van der Waals surface area contributed by atoms with E-state index in [1.165, 1.54) is 0 Å². The molecule has 5 heteroatoms. The van der Waals surface area contributed by atoms with Gasteiger partial charge in [-0.1, -0.05) is 0 Å². The maximum absolute atomic E-state index is 11.0. The minimum Gasteiger partial charge on any atom is -0.462 e. The molecule has 0 bridgehead atoms. The summed E-state index contributed by atoms with van der Waals surface area (Å²) in [6.07, 6.45) is 0. The van der Waals surface area contributed by atoms with Crippen LogP contribution in [0, 0.1) is 0 Å². The minimum atomic E-state index is -0.989. The summed E-state index contributed by atoms with van der Waals surface area (Å²) in [6.45, 7) is 3.78. The number of hydrogen-bond donors (Lipinski definition) is 1. The minimum absolute atomic E-state index is 0.0328. The zero-order chi connectivity index (χ0) is 10.3. The second-order valence-electron chi connectivity index (χ2n) is 2.94. The van der Waals surface area contributed by atoms with Gasteiger partial charge < -0.3 is 14.6 Å². The third kappa shape index (κ3) is 6.81. The molecule has 78 valence electrons. The predicted octanol–water partition coefficient (Wildman–Crippen LogP) is 0.556. The topological polar surface area (TPSA) is 55.8 Å². The largest absolute Gasteiger partial charge is 0.462 e.